The van der Waals surface area contributed by atoms with Crippen LogP contribution in [-0.2, 0) is 16.1 Å². The lowest BCUT2D eigenvalue weighted by Crippen LogP contribution is -2.54. The molecular weight excluding hydrogens is 386 g/mol. The lowest BCUT2D eigenvalue weighted by atomic mass is 10.0. The second kappa shape index (κ2) is 7.60. The van der Waals surface area contributed by atoms with Gasteiger partial charge in [-0.25, -0.2) is 8.78 Å². The van der Waals surface area contributed by atoms with Gasteiger partial charge < -0.3 is 5.32 Å². The van der Waals surface area contributed by atoms with Crippen LogP contribution in [0.15, 0.2) is 18.2 Å². The SMILES string of the molecule is O=C1CCC(N2C(=O)c3cccc(CN4CCNC(C(F)F)C4)c3C2=O)C(=O)N1. The Balaban J connectivity index is 1.58. The van der Waals surface area contributed by atoms with Gasteiger partial charge in [-0.05, 0) is 18.1 Å². The highest BCUT2D eigenvalue weighted by Crippen LogP contribution is 2.30. The van der Waals surface area contributed by atoms with Gasteiger partial charge in [-0.1, -0.05) is 12.1 Å². The van der Waals surface area contributed by atoms with Crippen LogP contribution < -0.4 is 10.6 Å². The van der Waals surface area contributed by atoms with Crippen molar-refractivity contribution in [3.05, 3.63) is 34.9 Å². The van der Waals surface area contributed by atoms with Crippen LogP contribution in [0.2, 0.25) is 0 Å². The number of rotatable bonds is 4. The van der Waals surface area contributed by atoms with E-state index in [1.807, 2.05) is 4.90 Å². The van der Waals surface area contributed by atoms with E-state index >= 15 is 0 Å². The van der Waals surface area contributed by atoms with Crippen LogP contribution in [0.5, 0.6) is 0 Å². The predicted molar refractivity (Wildman–Crippen MR) is 96.2 cm³/mol. The van der Waals surface area contributed by atoms with E-state index in [0.29, 0.717) is 18.7 Å². The van der Waals surface area contributed by atoms with Crippen LogP contribution >= 0.6 is 0 Å². The topological polar surface area (TPSA) is 98.8 Å². The van der Waals surface area contributed by atoms with Crippen molar-refractivity contribution in [1.82, 2.24) is 20.4 Å². The number of nitrogens with one attached hydrogen (secondary N) is 2. The quantitative estimate of drug-likeness (QED) is 0.690. The van der Waals surface area contributed by atoms with Crippen molar-refractivity contribution in [2.45, 2.75) is 37.9 Å². The van der Waals surface area contributed by atoms with E-state index in [-0.39, 0.29) is 37.1 Å². The van der Waals surface area contributed by atoms with Crippen molar-refractivity contribution in [3.8, 4) is 0 Å². The Labute approximate surface area is 165 Å². The van der Waals surface area contributed by atoms with Crippen LogP contribution in [0.4, 0.5) is 8.78 Å². The van der Waals surface area contributed by atoms with E-state index in [4.69, 9.17) is 0 Å². The summed E-state index contributed by atoms with van der Waals surface area (Å²) in [7, 11) is 0. The molecule has 1 aromatic carbocycles. The highest BCUT2D eigenvalue weighted by molar-refractivity contribution is 6.24. The molecule has 0 aromatic heterocycles. The lowest BCUT2D eigenvalue weighted by Gasteiger charge is -2.33. The van der Waals surface area contributed by atoms with Gasteiger partial charge in [0.25, 0.3) is 18.2 Å². The Kier molecular flexibility index (Phi) is 5.13. The Morgan fingerprint density at radius 3 is 2.66 bits per heavy atom. The second-order valence-electron chi connectivity index (χ2n) is 7.42. The van der Waals surface area contributed by atoms with Gasteiger partial charge in [0.15, 0.2) is 0 Å². The highest BCUT2D eigenvalue weighted by Gasteiger charge is 2.45. The molecule has 2 saturated heterocycles. The molecule has 0 spiro atoms. The molecule has 8 nitrogen and oxygen atoms in total. The molecule has 4 amide bonds. The van der Waals surface area contributed by atoms with Crippen molar-refractivity contribution in [1.29, 1.82) is 0 Å². The summed E-state index contributed by atoms with van der Waals surface area (Å²) in [5, 5.41) is 4.93. The predicted octanol–water partition coefficient (Wildman–Crippen LogP) is 0.127. The van der Waals surface area contributed by atoms with Gasteiger partial charge in [0.2, 0.25) is 11.8 Å². The first kappa shape index (κ1) is 19.6. The average Bonchev–Trinajstić information content (AvgIpc) is 2.94. The zero-order valence-corrected chi connectivity index (χ0v) is 15.5. The fourth-order valence-corrected chi connectivity index (χ4v) is 4.11. The second-order valence-corrected chi connectivity index (χ2v) is 7.42. The number of piperazine rings is 1. The summed E-state index contributed by atoms with van der Waals surface area (Å²) >= 11 is 0. The van der Waals surface area contributed by atoms with Crippen molar-refractivity contribution in [2.75, 3.05) is 19.6 Å². The summed E-state index contributed by atoms with van der Waals surface area (Å²) in [6, 6.07) is 2.87. The number of fused-ring (bicyclic) bond motifs is 1. The normalized spacial score (nSPS) is 25.6. The van der Waals surface area contributed by atoms with Gasteiger partial charge in [0.1, 0.15) is 6.04 Å². The zero-order chi connectivity index (χ0) is 20.7. The number of carbonyl (C=O) groups excluding carboxylic acids is 4. The zero-order valence-electron chi connectivity index (χ0n) is 15.5. The van der Waals surface area contributed by atoms with Crippen LogP contribution in [0.25, 0.3) is 0 Å². The molecule has 10 heteroatoms. The fraction of sp³-hybridized carbons (Fsp3) is 0.474. The van der Waals surface area contributed by atoms with Crippen molar-refractivity contribution < 1.29 is 28.0 Å². The monoisotopic (exact) mass is 406 g/mol. The molecule has 3 heterocycles. The molecule has 2 N–H and O–H groups in total. The molecule has 0 saturated carbocycles. The maximum Gasteiger partial charge on any atom is 0.262 e. The number of benzene rings is 1. The number of imide groups is 2. The maximum atomic E-state index is 13.1. The minimum atomic E-state index is -2.49. The third-order valence-electron chi connectivity index (χ3n) is 5.54. The maximum absolute atomic E-state index is 13.1. The minimum Gasteiger partial charge on any atom is -0.307 e. The number of hydrogen-bond donors (Lipinski definition) is 2. The van der Waals surface area contributed by atoms with Gasteiger partial charge in [0.05, 0.1) is 17.2 Å². The first-order chi connectivity index (χ1) is 13.9. The molecule has 4 rings (SSSR count). The van der Waals surface area contributed by atoms with Gasteiger partial charge in [-0.15, -0.1) is 0 Å². The molecule has 3 aliphatic rings. The number of carbonyl (C=O) groups is 4. The molecule has 0 aliphatic carbocycles. The summed E-state index contributed by atoms with van der Waals surface area (Å²) in [6.07, 6.45) is -2.36. The fourth-order valence-electron chi connectivity index (χ4n) is 4.11. The molecule has 29 heavy (non-hydrogen) atoms. The molecule has 154 valence electrons. The van der Waals surface area contributed by atoms with E-state index in [0.717, 1.165) is 4.90 Å². The summed E-state index contributed by atoms with van der Waals surface area (Å²) in [6.45, 7) is 1.31. The molecule has 2 atom stereocenters. The Morgan fingerprint density at radius 2 is 1.93 bits per heavy atom. The number of piperidine rings is 1. The van der Waals surface area contributed by atoms with Crippen molar-refractivity contribution in [3.63, 3.8) is 0 Å². The van der Waals surface area contributed by atoms with Crippen molar-refractivity contribution in [2.24, 2.45) is 0 Å². The van der Waals surface area contributed by atoms with E-state index in [1.54, 1.807) is 12.1 Å². The minimum absolute atomic E-state index is 0.0481. The molecule has 2 unspecified atom stereocenters. The highest BCUT2D eigenvalue weighted by atomic mass is 19.3. The van der Waals surface area contributed by atoms with Crippen LogP contribution in [0.1, 0.15) is 39.1 Å². The number of hydrogen-bond acceptors (Lipinski definition) is 6. The third kappa shape index (κ3) is 3.53. The first-order valence-electron chi connectivity index (χ1n) is 9.44. The largest absolute Gasteiger partial charge is 0.307 e. The molecule has 0 bridgehead atoms. The van der Waals surface area contributed by atoms with E-state index < -0.39 is 42.1 Å². The van der Waals surface area contributed by atoms with Gasteiger partial charge in [-0.3, -0.25) is 34.3 Å². The Bertz CT molecular complexity index is 891. The average molecular weight is 406 g/mol. The number of nitrogens with zero attached hydrogens (tertiary/aromatic N) is 2. The van der Waals surface area contributed by atoms with Gasteiger partial charge >= 0.3 is 0 Å². The smallest absolute Gasteiger partial charge is 0.262 e. The van der Waals surface area contributed by atoms with E-state index in [1.165, 1.54) is 6.07 Å². The van der Waals surface area contributed by atoms with Crippen LogP contribution in [0, 0.1) is 0 Å². The van der Waals surface area contributed by atoms with Crippen LogP contribution in [0.3, 0.4) is 0 Å². The summed E-state index contributed by atoms with van der Waals surface area (Å²) < 4.78 is 26.1. The standard InChI is InChI=1S/C19H20F2N4O4/c20-16(21)12-9-24(7-6-22-12)8-10-2-1-3-11-15(10)19(29)25(18(11)28)13-4-5-14(26)23-17(13)27/h1-3,12-13,16,22H,4-9H2,(H,23,26,27). The molecule has 0 radical (unpaired) electrons. The van der Waals surface area contributed by atoms with Crippen molar-refractivity contribution >= 4 is 23.6 Å². The summed E-state index contributed by atoms with van der Waals surface area (Å²) in [5.41, 5.74) is 0.956. The Hall–Kier alpha value is -2.72. The Morgan fingerprint density at radius 1 is 1.14 bits per heavy atom. The number of alkyl halides is 2. The molecule has 2 fully saturated rings. The van der Waals surface area contributed by atoms with Gasteiger partial charge in [-0.2, -0.15) is 0 Å². The molecular formula is C19H20F2N4O4. The van der Waals surface area contributed by atoms with Crippen LogP contribution in [-0.4, -0.2) is 71.6 Å². The van der Waals surface area contributed by atoms with E-state index in [2.05, 4.69) is 10.6 Å². The van der Waals surface area contributed by atoms with E-state index in [9.17, 15) is 28.0 Å². The summed E-state index contributed by atoms with van der Waals surface area (Å²) in [4.78, 5) is 52.2. The molecule has 3 aliphatic heterocycles. The first-order valence-corrected chi connectivity index (χ1v) is 9.44. The summed E-state index contributed by atoms with van der Waals surface area (Å²) in [5.74, 6) is -2.27. The third-order valence-corrected chi connectivity index (χ3v) is 5.54. The lowest BCUT2D eigenvalue weighted by molar-refractivity contribution is -0.136. The number of halogens is 2. The number of amides is 4. The molecule has 1 aromatic rings. The van der Waals surface area contributed by atoms with Gasteiger partial charge in [0, 0.05) is 32.6 Å².